The minimum Gasteiger partial charge on any atom is -0.487 e. The highest BCUT2D eigenvalue weighted by atomic mass is 35.5. The van der Waals surface area contributed by atoms with Crippen LogP contribution in [-0.2, 0) is 16.1 Å². The Labute approximate surface area is 236 Å². The lowest BCUT2D eigenvalue weighted by molar-refractivity contribution is 0.00907. The maximum atomic E-state index is 15.1. The van der Waals surface area contributed by atoms with E-state index in [9.17, 15) is 4.79 Å². The van der Waals surface area contributed by atoms with Crippen molar-refractivity contribution in [1.29, 1.82) is 0 Å². The Hall–Kier alpha value is -4.29. The summed E-state index contributed by atoms with van der Waals surface area (Å²) in [6.07, 6.45) is 1.33. The number of nitrogen functional groups attached to an aromatic ring is 1. The molecule has 206 valence electrons. The van der Waals surface area contributed by atoms with E-state index < -0.39 is 18.1 Å². The third kappa shape index (κ3) is 5.82. The molecule has 5 aromatic rings. The van der Waals surface area contributed by atoms with Crippen molar-refractivity contribution < 1.29 is 28.1 Å². The number of anilines is 1. The topological polar surface area (TPSA) is 132 Å². The van der Waals surface area contributed by atoms with Crippen LogP contribution in [0.2, 0.25) is 5.02 Å². The molecule has 0 aliphatic rings. The number of rotatable bonds is 8. The molecular weight excluding hydrogens is 561 g/mol. The SMILES string of the molecule is COc1cnc2c(-c3nc4c(Cl)c(F)c(OC[C@@H](C)OC(=O)OCc5ccc(N)cn5)cc4s3)cc(C)cc2n1. The maximum absolute atomic E-state index is 15.1. The first-order chi connectivity index (χ1) is 19.2. The number of ether oxygens (including phenoxy) is 4. The lowest BCUT2D eigenvalue weighted by atomic mass is 10.1. The van der Waals surface area contributed by atoms with Gasteiger partial charge in [0.25, 0.3) is 0 Å². The normalized spacial score (nSPS) is 11.9. The second kappa shape index (κ2) is 11.4. The first kappa shape index (κ1) is 27.3. The molecule has 0 bridgehead atoms. The Balaban J connectivity index is 1.31. The number of hydrogen-bond donors (Lipinski definition) is 1. The fourth-order valence-electron chi connectivity index (χ4n) is 3.80. The molecule has 0 saturated heterocycles. The van der Waals surface area contributed by atoms with Crippen molar-refractivity contribution in [3.8, 4) is 22.2 Å². The fourth-order valence-corrected chi connectivity index (χ4v) is 5.12. The average molecular weight is 584 g/mol. The van der Waals surface area contributed by atoms with E-state index in [2.05, 4.69) is 19.9 Å². The summed E-state index contributed by atoms with van der Waals surface area (Å²) in [6.45, 7) is 3.30. The zero-order valence-corrected chi connectivity index (χ0v) is 23.2. The summed E-state index contributed by atoms with van der Waals surface area (Å²) in [5.41, 5.74) is 9.85. The van der Waals surface area contributed by atoms with Gasteiger partial charge >= 0.3 is 6.16 Å². The van der Waals surface area contributed by atoms with E-state index in [1.165, 1.54) is 36.9 Å². The van der Waals surface area contributed by atoms with Crippen LogP contribution >= 0.6 is 22.9 Å². The van der Waals surface area contributed by atoms with Gasteiger partial charge in [-0.25, -0.2) is 24.1 Å². The molecule has 0 aliphatic heterocycles. The van der Waals surface area contributed by atoms with Gasteiger partial charge in [-0.3, -0.25) is 4.98 Å². The molecule has 10 nitrogen and oxygen atoms in total. The number of carbonyl (C=O) groups excluding carboxylic acids is 1. The predicted octanol–water partition coefficient (Wildman–Crippen LogP) is 6.11. The molecular formula is C27H23ClFN5O5S. The number of aromatic nitrogens is 4. The van der Waals surface area contributed by atoms with Gasteiger partial charge in [0.15, 0.2) is 11.6 Å². The van der Waals surface area contributed by atoms with Crippen molar-refractivity contribution in [1.82, 2.24) is 19.9 Å². The van der Waals surface area contributed by atoms with Crippen LogP contribution in [0.25, 0.3) is 31.8 Å². The number of benzene rings is 2. The first-order valence-corrected chi connectivity index (χ1v) is 13.2. The molecule has 3 aromatic heterocycles. The second-order valence-electron chi connectivity index (χ2n) is 8.82. The number of hydrogen-bond acceptors (Lipinski definition) is 11. The van der Waals surface area contributed by atoms with E-state index in [0.717, 1.165) is 11.1 Å². The average Bonchev–Trinajstić information content (AvgIpc) is 3.37. The van der Waals surface area contributed by atoms with E-state index >= 15 is 4.39 Å². The van der Waals surface area contributed by atoms with Gasteiger partial charge < -0.3 is 24.7 Å². The Bertz CT molecular complexity index is 1720. The Morgan fingerprint density at radius 2 is 1.98 bits per heavy atom. The molecule has 0 spiro atoms. The summed E-state index contributed by atoms with van der Waals surface area (Å²) in [5.74, 6) is -0.472. The third-order valence-electron chi connectivity index (χ3n) is 5.70. The van der Waals surface area contributed by atoms with Crippen molar-refractivity contribution in [2.24, 2.45) is 0 Å². The Morgan fingerprint density at radius 1 is 1.15 bits per heavy atom. The minimum atomic E-state index is -0.915. The van der Waals surface area contributed by atoms with E-state index in [0.29, 0.717) is 43.5 Å². The van der Waals surface area contributed by atoms with Crippen LogP contribution < -0.4 is 15.2 Å². The number of fused-ring (bicyclic) bond motifs is 2. The van der Waals surface area contributed by atoms with Crippen LogP contribution in [0.4, 0.5) is 14.9 Å². The lowest BCUT2D eigenvalue weighted by Crippen LogP contribution is -2.23. The largest absolute Gasteiger partial charge is 0.509 e. The fraction of sp³-hybridized carbons (Fsp3) is 0.222. The zero-order valence-electron chi connectivity index (χ0n) is 21.6. The summed E-state index contributed by atoms with van der Waals surface area (Å²) in [4.78, 5) is 29.6. The van der Waals surface area contributed by atoms with Gasteiger partial charge in [0, 0.05) is 11.6 Å². The highest BCUT2D eigenvalue weighted by Gasteiger charge is 2.21. The van der Waals surface area contributed by atoms with Crippen molar-refractivity contribution in [2.45, 2.75) is 26.6 Å². The highest BCUT2D eigenvalue weighted by Crippen LogP contribution is 2.40. The summed E-state index contributed by atoms with van der Waals surface area (Å²) < 4.78 is 36.8. The molecule has 0 unspecified atom stereocenters. The number of carbonyl (C=O) groups is 1. The van der Waals surface area contributed by atoms with Crippen molar-refractivity contribution in [2.75, 3.05) is 19.5 Å². The van der Waals surface area contributed by atoms with Gasteiger partial charge in [0.05, 0.1) is 46.6 Å². The molecule has 0 radical (unpaired) electrons. The zero-order chi connectivity index (χ0) is 28.4. The molecule has 1 atom stereocenters. The Morgan fingerprint density at radius 3 is 2.73 bits per heavy atom. The van der Waals surface area contributed by atoms with Crippen LogP contribution in [0.5, 0.6) is 11.6 Å². The monoisotopic (exact) mass is 583 g/mol. The van der Waals surface area contributed by atoms with Crippen LogP contribution in [0.3, 0.4) is 0 Å². The molecule has 5 rings (SSSR count). The number of halogens is 2. The number of nitrogens with zero attached hydrogens (tertiary/aromatic N) is 4. The molecule has 0 aliphatic carbocycles. The molecule has 0 fully saturated rings. The van der Waals surface area contributed by atoms with Gasteiger partial charge in [-0.1, -0.05) is 11.6 Å². The highest BCUT2D eigenvalue weighted by molar-refractivity contribution is 7.21. The van der Waals surface area contributed by atoms with Gasteiger partial charge in [-0.15, -0.1) is 11.3 Å². The number of methoxy groups -OCH3 is 1. The minimum absolute atomic E-state index is 0.0866. The predicted molar refractivity (Wildman–Crippen MR) is 149 cm³/mol. The van der Waals surface area contributed by atoms with Crippen molar-refractivity contribution >= 4 is 56.0 Å². The van der Waals surface area contributed by atoms with Crippen LogP contribution in [0.1, 0.15) is 18.2 Å². The molecule has 2 aromatic carbocycles. The van der Waals surface area contributed by atoms with E-state index in [4.69, 9.17) is 36.3 Å². The first-order valence-electron chi connectivity index (χ1n) is 12.0. The van der Waals surface area contributed by atoms with Crippen LogP contribution in [-0.4, -0.2) is 45.9 Å². The van der Waals surface area contributed by atoms with Crippen LogP contribution in [0, 0.1) is 12.7 Å². The molecule has 0 amide bonds. The number of nitrogens with two attached hydrogens (primary N) is 1. The van der Waals surface area contributed by atoms with Gasteiger partial charge in [0.2, 0.25) is 5.88 Å². The summed E-state index contributed by atoms with van der Waals surface area (Å²) in [7, 11) is 1.52. The molecule has 3 heterocycles. The quantitative estimate of drug-likeness (QED) is 0.213. The summed E-state index contributed by atoms with van der Waals surface area (Å²) in [6, 6.07) is 8.62. The lowest BCUT2D eigenvalue weighted by Gasteiger charge is -2.15. The number of pyridine rings is 1. The van der Waals surface area contributed by atoms with E-state index in [1.54, 1.807) is 19.1 Å². The standard InChI is InChI=1S/C27H23ClFN5O5S/c1-13-6-17(24-18(7-13)33-21(36-3)10-32-24)26-34-25-20(40-26)8-19(23(29)22(25)28)37-11-14(2)39-27(35)38-12-16-5-4-15(30)9-31-16/h4-10,14H,11-12,30H2,1-3H3/t14-/m1/s1. The second-order valence-corrected chi connectivity index (χ2v) is 10.2. The van der Waals surface area contributed by atoms with Gasteiger partial charge in [0.1, 0.15) is 34.9 Å². The van der Waals surface area contributed by atoms with E-state index in [1.807, 2.05) is 19.1 Å². The number of aryl methyl sites for hydroxylation is 1. The molecule has 13 heteroatoms. The van der Waals surface area contributed by atoms with Crippen molar-refractivity contribution in [3.05, 3.63) is 64.8 Å². The third-order valence-corrected chi connectivity index (χ3v) is 7.08. The Kier molecular flexibility index (Phi) is 7.81. The van der Waals surface area contributed by atoms with Crippen molar-refractivity contribution in [3.63, 3.8) is 0 Å². The number of thiazole rings is 1. The molecule has 40 heavy (non-hydrogen) atoms. The molecule has 2 N–H and O–H groups in total. The van der Waals surface area contributed by atoms with Crippen LogP contribution in [0.15, 0.2) is 42.7 Å². The molecule has 0 saturated carbocycles. The summed E-state index contributed by atoms with van der Waals surface area (Å²) >= 11 is 7.67. The van der Waals surface area contributed by atoms with Gasteiger partial charge in [-0.05, 0) is 43.7 Å². The smallest absolute Gasteiger partial charge is 0.487 e. The maximum Gasteiger partial charge on any atom is 0.509 e. The van der Waals surface area contributed by atoms with Gasteiger partial charge in [-0.2, -0.15) is 0 Å². The van der Waals surface area contributed by atoms with E-state index in [-0.39, 0.29) is 24.0 Å². The summed E-state index contributed by atoms with van der Waals surface area (Å²) in [5, 5.41) is 0.417.